The number of amides is 1. The molecule has 5 rings (SSSR count). The SMILES string of the molecule is Cc1ccc(-n2c(=O)c3ccccc3n3c(SCC(=O)NC(C)(C#N)C4CC4)nnc23)cc1. The Bertz CT molecular complexity index is 1480. The molecule has 0 bridgehead atoms. The van der Waals surface area contributed by atoms with E-state index < -0.39 is 5.54 Å². The van der Waals surface area contributed by atoms with Gasteiger partial charge in [-0.1, -0.05) is 41.6 Å². The van der Waals surface area contributed by atoms with Crippen LogP contribution in [0.5, 0.6) is 0 Å². The highest BCUT2D eigenvalue weighted by molar-refractivity contribution is 7.99. The van der Waals surface area contributed by atoms with E-state index in [2.05, 4.69) is 21.6 Å². The summed E-state index contributed by atoms with van der Waals surface area (Å²) in [6.07, 6.45) is 1.91. The Morgan fingerprint density at radius 2 is 1.94 bits per heavy atom. The van der Waals surface area contributed by atoms with Crippen molar-refractivity contribution in [3.8, 4) is 11.8 Å². The lowest BCUT2D eigenvalue weighted by atomic mass is 9.98. The number of nitrogens with zero attached hydrogens (tertiary/aromatic N) is 5. The second kappa shape index (κ2) is 8.05. The number of aryl methyl sites for hydroxylation is 1. The molecule has 1 aliphatic rings. The molecular weight excluding hydrogens is 436 g/mol. The predicted octanol–water partition coefficient (Wildman–Crippen LogP) is 3.24. The minimum Gasteiger partial charge on any atom is -0.337 e. The molecule has 2 heterocycles. The zero-order valence-corrected chi connectivity index (χ0v) is 19.1. The summed E-state index contributed by atoms with van der Waals surface area (Å²) in [5.41, 5.74) is 1.43. The molecule has 33 heavy (non-hydrogen) atoms. The summed E-state index contributed by atoms with van der Waals surface area (Å²) >= 11 is 1.23. The van der Waals surface area contributed by atoms with Crippen molar-refractivity contribution in [1.82, 2.24) is 24.5 Å². The minimum atomic E-state index is -0.844. The summed E-state index contributed by atoms with van der Waals surface area (Å²) in [5, 5.41) is 22.0. The fourth-order valence-electron chi connectivity index (χ4n) is 4.04. The lowest BCUT2D eigenvalue weighted by Gasteiger charge is -2.22. The maximum absolute atomic E-state index is 13.3. The Morgan fingerprint density at radius 1 is 1.21 bits per heavy atom. The van der Waals surface area contributed by atoms with E-state index in [0.29, 0.717) is 27.5 Å². The Kier molecular flexibility index (Phi) is 5.17. The number of benzene rings is 2. The van der Waals surface area contributed by atoms with Gasteiger partial charge in [-0.05, 0) is 56.9 Å². The molecule has 2 aromatic heterocycles. The normalized spacial score (nSPS) is 15.3. The number of para-hydroxylation sites is 1. The number of hydrogen-bond acceptors (Lipinski definition) is 6. The number of aromatic nitrogens is 4. The zero-order valence-electron chi connectivity index (χ0n) is 18.3. The number of nitriles is 1. The van der Waals surface area contributed by atoms with Crippen LogP contribution in [-0.2, 0) is 4.79 Å². The number of carbonyl (C=O) groups excluding carboxylic acids is 1. The molecular formula is C24H22N6O2S. The molecule has 1 amide bonds. The highest BCUT2D eigenvalue weighted by Crippen LogP contribution is 2.39. The number of carbonyl (C=O) groups is 1. The van der Waals surface area contributed by atoms with Crippen molar-refractivity contribution < 1.29 is 4.79 Å². The highest BCUT2D eigenvalue weighted by atomic mass is 32.2. The quantitative estimate of drug-likeness (QED) is 0.445. The number of rotatable bonds is 6. The first-order valence-electron chi connectivity index (χ1n) is 10.7. The summed E-state index contributed by atoms with van der Waals surface area (Å²) in [7, 11) is 0. The molecule has 9 heteroatoms. The van der Waals surface area contributed by atoms with Gasteiger partial charge in [0.25, 0.3) is 5.56 Å². The monoisotopic (exact) mass is 458 g/mol. The molecule has 0 spiro atoms. The molecule has 0 saturated heterocycles. The smallest absolute Gasteiger partial charge is 0.267 e. The average molecular weight is 459 g/mol. The standard InChI is InChI=1S/C24H22N6O2S/c1-15-7-11-17(12-8-15)29-21(32)18-5-3-4-6-19(18)30-22(29)27-28-23(30)33-13-20(31)26-24(2,14-25)16-9-10-16/h3-8,11-12,16H,9-10,13H2,1-2H3,(H,26,31). The van der Waals surface area contributed by atoms with Crippen LogP contribution in [0.2, 0.25) is 0 Å². The van der Waals surface area contributed by atoms with Crippen LogP contribution < -0.4 is 10.9 Å². The summed E-state index contributed by atoms with van der Waals surface area (Å²) < 4.78 is 3.34. The van der Waals surface area contributed by atoms with Gasteiger partial charge >= 0.3 is 0 Å². The van der Waals surface area contributed by atoms with E-state index in [-0.39, 0.29) is 23.1 Å². The van der Waals surface area contributed by atoms with Crippen LogP contribution in [0.15, 0.2) is 58.5 Å². The predicted molar refractivity (Wildman–Crippen MR) is 126 cm³/mol. The van der Waals surface area contributed by atoms with Crippen LogP contribution >= 0.6 is 11.8 Å². The molecule has 166 valence electrons. The van der Waals surface area contributed by atoms with Gasteiger partial charge in [-0.15, -0.1) is 10.2 Å². The van der Waals surface area contributed by atoms with Crippen molar-refractivity contribution in [2.75, 3.05) is 5.75 Å². The molecule has 1 aliphatic carbocycles. The van der Waals surface area contributed by atoms with Crippen molar-refractivity contribution >= 4 is 34.3 Å². The van der Waals surface area contributed by atoms with E-state index >= 15 is 0 Å². The minimum absolute atomic E-state index is 0.0861. The fraction of sp³-hybridized carbons (Fsp3) is 0.292. The van der Waals surface area contributed by atoms with E-state index in [9.17, 15) is 14.9 Å². The van der Waals surface area contributed by atoms with Gasteiger partial charge in [0.1, 0.15) is 5.54 Å². The van der Waals surface area contributed by atoms with Crippen molar-refractivity contribution in [3.63, 3.8) is 0 Å². The van der Waals surface area contributed by atoms with Gasteiger partial charge in [0.15, 0.2) is 5.16 Å². The van der Waals surface area contributed by atoms with E-state index in [4.69, 9.17) is 0 Å². The Balaban J connectivity index is 1.55. The van der Waals surface area contributed by atoms with Crippen LogP contribution in [0.1, 0.15) is 25.3 Å². The van der Waals surface area contributed by atoms with E-state index in [0.717, 1.165) is 18.4 Å². The van der Waals surface area contributed by atoms with Gasteiger partial charge < -0.3 is 5.32 Å². The van der Waals surface area contributed by atoms with Gasteiger partial charge in [-0.3, -0.25) is 14.0 Å². The van der Waals surface area contributed by atoms with Crippen molar-refractivity contribution in [2.45, 2.75) is 37.4 Å². The molecule has 4 aromatic rings. The molecule has 1 N–H and O–H groups in total. The van der Waals surface area contributed by atoms with Gasteiger partial charge in [0.05, 0.1) is 28.4 Å². The van der Waals surface area contributed by atoms with Crippen molar-refractivity contribution in [2.24, 2.45) is 5.92 Å². The van der Waals surface area contributed by atoms with E-state index in [1.54, 1.807) is 22.0 Å². The van der Waals surface area contributed by atoms with Crippen molar-refractivity contribution in [3.05, 3.63) is 64.4 Å². The second-order valence-corrected chi connectivity index (χ2v) is 9.48. The lowest BCUT2D eigenvalue weighted by Crippen LogP contribution is -2.47. The first-order valence-corrected chi connectivity index (χ1v) is 11.7. The summed E-state index contributed by atoms with van der Waals surface area (Å²) in [5.74, 6) is 0.440. The number of fused-ring (bicyclic) bond motifs is 3. The number of thioether (sulfide) groups is 1. The number of nitrogens with one attached hydrogen (secondary N) is 1. The maximum Gasteiger partial charge on any atom is 0.267 e. The summed E-state index contributed by atoms with van der Waals surface area (Å²) in [6.45, 7) is 3.76. The average Bonchev–Trinajstić information content (AvgIpc) is 3.60. The van der Waals surface area contributed by atoms with Gasteiger partial charge in [-0.2, -0.15) is 5.26 Å². The molecule has 1 unspecified atom stereocenters. The molecule has 1 fully saturated rings. The third kappa shape index (κ3) is 3.76. The van der Waals surface area contributed by atoms with Gasteiger partial charge in [-0.25, -0.2) is 4.57 Å². The molecule has 0 aliphatic heterocycles. The van der Waals surface area contributed by atoms with Crippen LogP contribution in [-0.4, -0.2) is 36.4 Å². The summed E-state index contributed by atoms with van der Waals surface area (Å²) in [4.78, 5) is 26.0. The molecule has 1 atom stereocenters. The van der Waals surface area contributed by atoms with Crippen molar-refractivity contribution in [1.29, 1.82) is 5.26 Å². The Morgan fingerprint density at radius 3 is 2.64 bits per heavy atom. The fourth-order valence-corrected chi connectivity index (χ4v) is 4.78. The molecule has 8 nitrogen and oxygen atoms in total. The molecule has 0 radical (unpaired) electrons. The largest absolute Gasteiger partial charge is 0.337 e. The van der Waals surface area contributed by atoms with Crippen LogP contribution in [0, 0.1) is 24.2 Å². The molecule has 2 aromatic carbocycles. The number of hydrogen-bond donors (Lipinski definition) is 1. The Hall–Kier alpha value is -3.64. The van der Waals surface area contributed by atoms with Gasteiger partial charge in [0, 0.05) is 0 Å². The van der Waals surface area contributed by atoms with E-state index in [1.165, 1.54) is 11.8 Å². The maximum atomic E-state index is 13.3. The van der Waals surface area contributed by atoms with Crippen LogP contribution in [0.3, 0.4) is 0 Å². The zero-order chi connectivity index (χ0) is 23.2. The van der Waals surface area contributed by atoms with E-state index in [1.807, 2.05) is 49.4 Å². The lowest BCUT2D eigenvalue weighted by molar-refractivity contribution is -0.119. The second-order valence-electron chi connectivity index (χ2n) is 8.54. The third-order valence-corrected chi connectivity index (χ3v) is 6.97. The highest BCUT2D eigenvalue weighted by Gasteiger charge is 2.43. The topological polar surface area (TPSA) is 105 Å². The Labute approximate surface area is 194 Å². The van der Waals surface area contributed by atoms with Gasteiger partial charge in [0.2, 0.25) is 11.7 Å². The van der Waals surface area contributed by atoms with Crippen LogP contribution in [0.25, 0.3) is 22.4 Å². The molecule has 1 saturated carbocycles. The first kappa shape index (κ1) is 21.2. The van der Waals surface area contributed by atoms with Crippen LogP contribution in [0.4, 0.5) is 0 Å². The first-order chi connectivity index (χ1) is 15.9. The summed E-state index contributed by atoms with van der Waals surface area (Å²) in [6, 6.07) is 17.2. The third-order valence-electron chi connectivity index (χ3n) is 6.04.